The third kappa shape index (κ3) is 10.5. The Labute approximate surface area is 174 Å². The summed E-state index contributed by atoms with van der Waals surface area (Å²) in [6, 6.07) is 10.5. The van der Waals surface area contributed by atoms with Crippen LogP contribution in [0.1, 0.15) is 45.6 Å². The lowest BCUT2D eigenvalue weighted by atomic mass is 9.97. The number of halogens is 1. The number of rotatable bonds is 7. The van der Waals surface area contributed by atoms with E-state index >= 15 is 0 Å². The molecule has 1 aromatic rings. The minimum Gasteiger partial charge on any atom is -0.444 e. The zero-order valence-electron chi connectivity index (χ0n) is 16.5. The molecule has 7 heteroatoms. The molecule has 0 fully saturated rings. The average molecular weight is 476 g/mol. The van der Waals surface area contributed by atoms with Gasteiger partial charge in [0.05, 0.1) is 0 Å². The first kappa shape index (κ1) is 24.5. The number of carbonyl (C=O) groups excluding carboxylic acids is 1. The van der Waals surface area contributed by atoms with Gasteiger partial charge in [0, 0.05) is 32.6 Å². The molecule has 148 valence electrons. The largest absolute Gasteiger partial charge is 0.444 e. The van der Waals surface area contributed by atoms with Crippen LogP contribution in [0.4, 0.5) is 4.79 Å². The van der Waals surface area contributed by atoms with E-state index in [4.69, 9.17) is 4.74 Å². The van der Waals surface area contributed by atoms with E-state index in [-0.39, 0.29) is 24.0 Å². The third-order valence-corrected chi connectivity index (χ3v) is 3.59. The monoisotopic (exact) mass is 476 g/mol. The van der Waals surface area contributed by atoms with Crippen LogP contribution >= 0.6 is 24.0 Å². The molecule has 1 atom stereocenters. The van der Waals surface area contributed by atoms with E-state index < -0.39 is 11.7 Å². The quantitative estimate of drug-likeness (QED) is 0.244. The van der Waals surface area contributed by atoms with Gasteiger partial charge in [-0.25, -0.2) is 4.79 Å². The molecule has 0 saturated heterocycles. The fourth-order valence-corrected chi connectivity index (χ4v) is 2.32. The van der Waals surface area contributed by atoms with Gasteiger partial charge in [0.2, 0.25) is 0 Å². The number of aliphatic imine (C=N–C) groups is 1. The minimum absolute atomic E-state index is 0. The molecule has 0 aromatic heterocycles. The standard InChI is InChI=1S/C19H32N4O2.HI/c1-6-15(16-10-8-7-9-11-16)14-23-17(20-5)21-12-13-22-18(24)25-19(2,3)4;/h7-11,15H,6,12-14H2,1-5H3,(H,22,24)(H2,20,21,23);1H. The van der Waals surface area contributed by atoms with Crippen molar-refractivity contribution < 1.29 is 9.53 Å². The molecule has 1 unspecified atom stereocenters. The molecule has 1 amide bonds. The van der Waals surface area contributed by atoms with Crippen LogP contribution in [0.3, 0.4) is 0 Å². The second kappa shape index (κ2) is 12.8. The number of nitrogens with zero attached hydrogens (tertiary/aromatic N) is 1. The normalized spacial score (nSPS) is 12.6. The van der Waals surface area contributed by atoms with E-state index in [1.165, 1.54) is 5.56 Å². The molecule has 26 heavy (non-hydrogen) atoms. The first-order chi connectivity index (χ1) is 11.9. The Hall–Kier alpha value is -1.51. The highest BCUT2D eigenvalue weighted by Gasteiger charge is 2.15. The summed E-state index contributed by atoms with van der Waals surface area (Å²) >= 11 is 0. The predicted molar refractivity (Wildman–Crippen MR) is 118 cm³/mol. The van der Waals surface area contributed by atoms with Crippen molar-refractivity contribution in [1.29, 1.82) is 0 Å². The lowest BCUT2D eigenvalue weighted by molar-refractivity contribution is 0.0529. The van der Waals surface area contributed by atoms with Crippen LogP contribution in [-0.2, 0) is 4.74 Å². The predicted octanol–water partition coefficient (Wildman–Crippen LogP) is 3.49. The van der Waals surface area contributed by atoms with Gasteiger partial charge >= 0.3 is 6.09 Å². The van der Waals surface area contributed by atoms with E-state index in [1.807, 2.05) is 26.8 Å². The van der Waals surface area contributed by atoms with Crippen molar-refractivity contribution in [2.45, 2.75) is 45.6 Å². The number of carbonyl (C=O) groups is 1. The zero-order valence-corrected chi connectivity index (χ0v) is 18.8. The number of guanidine groups is 1. The smallest absolute Gasteiger partial charge is 0.407 e. The molecular formula is C19H33IN4O2. The Kier molecular flexibility index (Phi) is 12.0. The van der Waals surface area contributed by atoms with E-state index in [2.05, 4.69) is 52.1 Å². The molecule has 0 heterocycles. The van der Waals surface area contributed by atoms with Gasteiger partial charge < -0.3 is 20.7 Å². The second-order valence-corrected chi connectivity index (χ2v) is 6.82. The zero-order chi connectivity index (χ0) is 18.7. The summed E-state index contributed by atoms with van der Waals surface area (Å²) < 4.78 is 5.19. The van der Waals surface area contributed by atoms with Crippen LogP contribution < -0.4 is 16.0 Å². The molecule has 0 bridgehead atoms. The molecule has 1 aromatic carbocycles. The summed E-state index contributed by atoms with van der Waals surface area (Å²) in [6.07, 6.45) is 0.640. The molecule has 0 aliphatic carbocycles. The Bertz CT molecular complexity index is 544. The lowest BCUT2D eigenvalue weighted by Crippen LogP contribution is -2.43. The Morgan fingerprint density at radius 2 is 1.73 bits per heavy atom. The molecular weight excluding hydrogens is 443 g/mol. The van der Waals surface area contributed by atoms with Crippen molar-refractivity contribution in [1.82, 2.24) is 16.0 Å². The molecule has 1 rings (SSSR count). The van der Waals surface area contributed by atoms with E-state index in [0.29, 0.717) is 19.0 Å². The SMILES string of the molecule is CCC(CNC(=NC)NCCNC(=O)OC(C)(C)C)c1ccccc1.I. The van der Waals surface area contributed by atoms with Crippen LogP contribution in [0, 0.1) is 0 Å². The van der Waals surface area contributed by atoms with Crippen LogP contribution in [-0.4, -0.2) is 44.3 Å². The van der Waals surface area contributed by atoms with Crippen molar-refractivity contribution >= 4 is 36.0 Å². The highest BCUT2D eigenvalue weighted by Crippen LogP contribution is 2.17. The average Bonchev–Trinajstić information content (AvgIpc) is 2.56. The number of ether oxygens (including phenoxy) is 1. The second-order valence-electron chi connectivity index (χ2n) is 6.82. The van der Waals surface area contributed by atoms with Gasteiger partial charge in [-0.15, -0.1) is 24.0 Å². The number of hydrogen-bond donors (Lipinski definition) is 3. The number of nitrogens with one attached hydrogen (secondary N) is 3. The molecule has 6 nitrogen and oxygen atoms in total. The minimum atomic E-state index is -0.484. The van der Waals surface area contributed by atoms with Crippen LogP contribution in [0.2, 0.25) is 0 Å². The van der Waals surface area contributed by atoms with E-state index in [9.17, 15) is 4.79 Å². The van der Waals surface area contributed by atoms with Crippen molar-refractivity contribution in [3.8, 4) is 0 Å². The maximum atomic E-state index is 11.6. The van der Waals surface area contributed by atoms with Gasteiger partial charge in [0.1, 0.15) is 5.60 Å². The molecule has 0 aliphatic rings. The maximum Gasteiger partial charge on any atom is 0.407 e. The maximum absolute atomic E-state index is 11.6. The highest BCUT2D eigenvalue weighted by atomic mass is 127. The summed E-state index contributed by atoms with van der Waals surface area (Å²) in [5, 5.41) is 9.24. The van der Waals surface area contributed by atoms with Gasteiger partial charge in [-0.1, -0.05) is 37.3 Å². The summed E-state index contributed by atoms with van der Waals surface area (Å²) in [5.41, 5.74) is 0.835. The van der Waals surface area contributed by atoms with Gasteiger partial charge in [-0.2, -0.15) is 0 Å². The van der Waals surface area contributed by atoms with Crippen molar-refractivity contribution in [3.63, 3.8) is 0 Å². The highest BCUT2D eigenvalue weighted by molar-refractivity contribution is 14.0. The van der Waals surface area contributed by atoms with Crippen molar-refractivity contribution in [2.24, 2.45) is 4.99 Å². The Balaban J connectivity index is 0.00000625. The Morgan fingerprint density at radius 3 is 2.27 bits per heavy atom. The lowest BCUT2D eigenvalue weighted by Gasteiger charge is -2.20. The number of amides is 1. The van der Waals surface area contributed by atoms with Crippen LogP contribution in [0.5, 0.6) is 0 Å². The number of hydrogen-bond acceptors (Lipinski definition) is 3. The number of alkyl carbamates (subject to hydrolysis) is 1. The summed E-state index contributed by atoms with van der Waals surface area (Å²) in [4.78, 5) is 15.8. The third-order valence-electron chi connectivity index (χ3n) is 3.59. The topological polar surface area (TPSA) is 74.8 Å². The molecule has 0 saturated carbocycles. The van der Waals surface area contributed by atoms with E-state index in [1.54, 1.807) is 7.05 Å². The molecule has 3 N–H and O–H groups in total. The summed E-state index contributed by atoms with van der Waals surface area (Å²) in [7, 11) is 1.74. The fraction of sp³-hybridized carbons (Fsp3) is 0.579. The fourth-order valence-electron chi connectivity index (χ4n) is 2.32. The number of benzene rings is 1. The van der Waals surface area contributed by atoms with Gasteiger partial charge in [0.25, 0.3) is 0 Å². The molecule has 0 aliphatic heterocycles. The summed E-state index contributed by atoms with van der Waals surface area (Å²) in [5.74, 6) is 1.15. The summed E-state index contributed by atoms with van der Waals surface area (Å²) in [6.45, 7) is 9.54. The Morgan fingerprint density at radius 1 is 1.12 bits per heavy atom. The van der Waals surface area contributed by atoms with Crippen LogP contribution in [0.25, 0.3) is 0 Å². The first-order valence-electron chi connectivity index (χ1n) is 8.82. The van der Waals surface area contributed by atoms with Crippen LogP contribution in [0.15, 0.2) is 35.3 Å². The molecule has 0 spiro atoms. The van der Waals surface area contributed by atoms with Gasteiger partial charge in [-0.05, 0) is 32.8 Å². The molecule has 0 radical (unpaired) electrons. The van der Waals surface area contributed by atoms with Crippen molar-refractivity contribution in [3.05, 3.63) is 35.9 Å². The first-order valence-corrected chi connectivity index (χ1v) is 8.82. The van der Waals surface area contributed by atoms with Gasteiger partial charge in [-0.3, -0.25) is 4.99 Å². The van der Waals surface area contributed by atoms with E-state index in [0.717, 1.165) is 18.9 Å². The van der Waals surface area contributed by atoms with Crippen molar-refractivity contribution in [2.75, 3.05) is 26.7 Å². The van der Waals surface area contributed by atoms with Gasteiger partial charge in [0.15, 0.2) is 5.96 Å².